The number of carbonyl (C=O) groups is 2. The molecule has 2 amide bonds. The van der Waals surface area contributed by atoms with Crippen LogP contribution >= 0.6 is 0 Å². The predicted octanol–water partition coefficient (Wildman–Crippen LogP) is 6.10. The lowest BCUT2D eigenvalue weighted by Gasteiger charge is -2.46. The smallest absolute Gasteiger partial charge is 0.234 e. The number of nitrogens with two attached hydrogens (primary N) is 1. The molecule has 1 saturated heterocycles. The van der Waals surface area contributed by atoms with Crippen LogP contribution in [0.25, 0.3) is 0 Å². The number of unbranched alkanes of at least 4 members (excludes halogenated alkanes) is 21. The number of nitrogens with one attached hydrogen (secondary N) is 1. The maximum Gasteiger partial charge on any atom is 0.234 e. The number of rotatable bonds is 29. The second-order valence-corrected chi connectivity index (χ2v) is 13.3. The van der Waals surface area contributed by atoms with Gasteiger partial charge >= 0.3 is 0 Å². The minimum Gasteiger partial charge on any atom is -0.394 e. The van der Waals surface area contributed by atoms with E-state index in [1.54, 1.807) is 4.90 Å². The number of nitrogens with zero attached hydrogens (tertiary/aromatic N) is 1. The van der Waals surface area contributed by atoms with Crippen molar-refractivity contribution in [1.29, 1.82) is 0 Å². The van der Waals surface area contributed by atoms with Crippen LogP contribution in [0.15, 0.2) is 0 Å². The Morgan fingerprint density at radius 3 is 1.51 bits per heavy atom. The van der Waals surface area contributed by atoms with Crippen molar-refractivity contribution in [2.24, 2.45) is 5.73 Å². The van der Waals surface area contributed by atoms with Gasteiger partial charge in [-0.3, -0.25) is 9.59 Å². The second-order valence-electron chi connectivity index (χ2n) is 13.3. The Morgan fingerprint density at radius 1 is 0.667 bits per heavy atom. The third-order valence-corrected chi connectivity index (χ3v) is 9.29. The zero-order valence-corrected chi connectivity index (χ0v) is 29.1. The summed E-state index contributed by atoms with van der Waals surface area (Å²) in [7, 11) is 0. The number of carbonyl (C=O) groups excluding carboxylic acids is 2. The lowest BCUT2D eigenvalue weighted by Crippen LogP contribution is -2.69. The third-order valence-electron chi connectivity index (χ3n) is 9.29. The van der Waals surface area contributed by atoms with Gasteiger partial charge in [0.15, 0.2) is 6.23 Å². The van der Waals surface area contributed by atoms with Gasteiger partial charge < -0.3 is 36.0 Å². The van der Waals surface area contributed by atoms with Gasteiger partial charge in [-0.25, -0.2) is 0 Å². The van der Waals surface area contributed by atoms with Crippen LogP contribution in [-0.2, 0) is 14.3 Å². The molecular formula is C36H71N3O6. The van der Waals surface area contributed by atoms with E-state index >= 15 is 0 Å². The molecule has 266 valence electrons. The van der Waals surface area contributed by atoms with Crippen LogP contribution in [0.1, 0.15) is 168 Å². The molecule has 0 spiro atoms. The summed E-state index contributed by atoms with van der Waals surface area (Å²) < 4.78 is 6.01. The fourth-order valence-electron chi connectivity index (χ4n) is 6.37. The van der Waals surface area contributed by atoms with E-state index in [0.717, 1.165) is 38.5 Å². The van der Waals surface area contributed by atoms with Crippen LogP contribution in [0.5, 0.6) is 0 Å². The van der Waals surface area contributed by atoms with Gasteiger partial charge in [-0.05, 0) is 12.8 Å². The molecule has 45 heavy (non-hydrogen) atoms. The zero-order valence-electron chi connectivity index (χ0n) is 29.1. The Hall–Kier alpha value is -1.26. The van der Waals surface area contributed by atoms with Gasteiger partial charge in [-0.1, -0.05) is 149 Å². The Labute approximate surface area is 275 Å². The molecule has 1 aliphatic heterocycles. The van der Waals surface area contributed by atoms with Crippen molar-refractivity contribution >= 4 is 11.8 Å². The highest BCUT2D eigenvalue weighted by Gasteiger charge is 2.47. The molecule has 5 atom stereocenters. The molecule has 1 heterocycles. The number of aliphatic hydroxyl groups excluding tert-OH is 3. The lowest BCUT2D eigenvalue weighted by molar-refractivity contribution is -0.231. The van der Waals surface area contributed by atoms with Crippen LogP contribution in [0.3, 0.4) is 0 Å². The highest BCUT2D eigenvalue weighted by atomic mass is 16.5. The van der Waals surface area contributed by atoms with Gasteiger partial charge in [0, 0.05) is 13.0 Å². The van der Waals surface area contributed by atoms with E-state index in [4.69, 9.17) is 10.5 Å². The minimum atomic E-state index is -1.41. The molecule has 0 radical (unpaired) electrons. The summed E-state index contributed by atoms with van der Waals surface area (Å²) in [5.41, 5.74) is 5.52. The standard InChI is InChI=1S/C36H71N3O6/c1-3-5-7-9-11-13-14-15-16-17-19-21-23-25-27-39(32(42)26-24-22-20-18-12-10-8-6-4-2)36-33(38-31(41)28-37)35(44)34(43)30(29-40)45-36/h30,33-36,40,43-44H,3-29,37H2,1-2H3,(H,38,41)/t30-,33-,34-,35-,36-/m1/s1. The largest absolute Gasteiger partial charge is 0.394 e. The number of hydrogen-bond acceptors (Lipinski definition) is 7. The third kappa shape index (κ3) is 18.6. The van der Waals surface area contributed by atoms with E-state index in [-0.39, 0.29) is 12.5 Å². The van der Waals surface area contributed by atoms with E-state index in [1.807, 2.05) is 0 Å². The molecule has 0 aliphatic carbocycles. The van der Waals surface area contributed by atoms with Gasteiger partial charge in [0.25, 0.3) is 0 Å². The van der Waals surface area contributed by atoms with Crippen LogP contribution in [-0.4, -0.2) is 82.3 Å². The molecule has 0 aromatic heterocycles. The minimum absolute atomic E-state index is 0.0927. The van der Waals surface area contributed by atoms with Gasteiger partial charge in [0.1, 0.15) is 24.4 Å². The highest BCUT2D eigenvalue weighted by Crippen LogP contribution is 2.26. The number of aliphatic hydroxyl groups is 3. The maximum absolute atomic E-state index is 13.6. The van der Waals surface area contributed by atoms with Crippen LogP contribution in [0, 0.1) is 0 Å². The first-order valence-corrected chi connectivity index (χ1v) is 18.8. The molecule has 6 N–H and O–H groups in total. The second kappa shape index (κ2) is 27.8. The summed E-state index contributed by atoms with van der Waals surface area (Å²) in [5.74, 6) is -0.602. The van der Waals surface area contributed by atoms with E-state index < -0.39 is 43.1 Å². The summed E-state index contributed by atoms with van der Waals surface area (Å²) >= 11 is 0. The van der Waals surface area contributed by atoms with Gasteiger partial charge in [-0.2, -0.15) is 0 Å². The summed E-state index contributed by atoms with van der Waals surface area (Å²) in [6.07, 6.45) is 23.2. The lowest BCUT2D eigenvalue weighted by atomic mass is 9.94. The average molecular weight is 642 g/mol. The van der Waals surface area contributed by atoms with E-state index in [9.17, 15) is 24.9 Å². The zero-order chi connectivity index (χ0) is 33.1. The summed E-state index contributed by atoms with van der Waals surface area (Å²) in [5, 5.41) is 33.9. The van der Waals surface area contributed by atoms with Crippen molar-refractivity contribution in [2.75, 3.05) is 19.7 Å². The first kappa shape index (κ1) is 41.8. The number of hydrogen-bond donors (Lipinski definition) is 5. The molecule has 1 rings (SSSR count). The summed E-state index contributed by atoms with van der Waals surface area (Å²) in [4.78, 5) is 27.5. The molecule has 0 saturated carbocycles. The maximum atomic E-state index is 13.6. The molecule has 0 aromatic carbocycles. The first-order valence-electron chi connectivity index (χ1n) is 18.8. The first-order chi connectivity index (χ1) is 21.9. The van der Waals surface area contributed by atoms with Crippen LogP contribution < -0.4 is 11.1 Å². The normalized spacial score (nSPS) is 21.6. The van der Waals surface area contributed by atoms with E-state index in [1.165, 1.54) is 109 Å². The molecule has 0 bridgehead atoms. The van der Waals surface area contributed by atoms with Crippen molar-refractivity contribution in [2.45, 2.75) is 199 Å². The fraction of sp³-hybridized carbons (Fsp3) is 0.944. The quantitative estimate of drug-likeness (QED) is 0.0621. The Balaban J connectivity index is 2.62. The highest BCUT2D eigenvalue weighted by molar-refractivity contribution is 5.79. The van der Waals surface area contributed by atoms with Crippen molar-refractivity contribution in [3.8, 4) is 0 Å². The Bertz CT molecular complexity index is 727. The van der Waals surface area contributed by atoms with Crippen LogP contribution in [0.2, 0.25) is 0 Å². The molecule has 0 unspecified atom stereocenters. The van der Waals surface area contributed by atoms with Gasteiger partial charge in [0.05, 0.1) is 13.2 Å². The van der Waals surface area contributed by atoms with Gasteiger partial charge in [0.2, 0.25) is 11.8 Å². The fourth-order valence-corrected chi connectivity index (χ4v) is 6.37. The molecule has 0 aromatic rings. The number of amides is 2. The Kier molecular flexibility index (Phi) is 25.8. The van der Waals surface area contributed by atoms with E-state index in [0.29, 0.717) is 13.0 Å². The molecule has 1 fully saturated rings. The SMILES string of the molecule is CCCCCCCCCCCCCCCCN(C(=O)CCCCCCCCCCC)[C@@H]1O[C@H](CO)[C@@H](O)[C@H](O)[C@H]1NC(=O)CN. The van der Waals surface area contributed by atoms with Crippen molar-refractivity contribution in [3.63, 3.8) is 0 Å². The average Bonchev–Trinajstić information content (AvgIpc) is 3.04. The Morgan fingerprint density at radius 2 is 1.09 bits per heavy atom. The van der Waals surface area contributed by atoms with Crippen molar-refractivity contribution in [3.05, 3.63) is 0 Å². The van der Waals surface area contributed by atoms with Crippen molar-refractivity contribution < 1.29 is 29.6 Å². The molecule has 1 aliphatic rings. The summed E-state index contributed by atoms with van der Waals surface area (Å²) in [6.45, 7) is 4.10. The number of ether oxygens (including phenoxy) is 1. The van der Waals surface area contributed by atoms with E-state index in [2.05, 4.69) is 19.2 Å². The topological polar surface area (TPSA) is 145 Å². The monoisotopic (exact) mass is 642 g/mol. The summed E-state index contributed by atoms with van der Waals surface area (Å²) in [6, 6.07) is -1.04. The molecule has 9 nitrogen and oxygen atoms in total. The predicted molar refractivity (Wildman–Crippen MR) is 183 cm³/mol. The van der Waals surface area contributed by atoms with Crippen molar-refractivity contribution in [1.82, 2.24) is 10.2 Å². The van der Waals surface area contributed by atoms with Gasteiger partial charge in [-0.15, -0.1) is 0 Å². The van der Waals surface area contributed by atoms with Crippen LogP contribution in [0.4, 0.5) is 0 Å². The molecule has 9 heteroatoms. The molecular weight excluding hydrogens is 570 g/mol.